The van der Waals surface area contributed by atoms with Crippen molar-refractivity contribution in [1.29, 1.82) is 0 Å². The largest absolute Gasteiger partial charge is 0.507 e. The number of rotatable bonds is 11. The van der Waals surface area contributed by atoms with E-state index < -0.39 is 29.3 Å². The summed E-state index contributed by atoms with van der Waals surface area (Å²) in [4.78, 5) is 28.6. The lowest BCUT2D eigenvalue weighted by Crippen LogP contribution is -2.29. The van der Waals surface area contributed by atoms with Gasteiger partial charge in [-0.05, 0) is 47.0 Å². The number of thioether (sulfide) groups is 1. The molecule has 12 heteroatoms. The Bertz CT molecular complexity index is 1950. The monoisotopic (exact) mass is 669 g/mol. The van der Waals surface area contributed by atoms with E-state index in [9.17, 15) is 19.1 Å². The van der Waals surface area contributed by atoms with E-state index >= 15 is 0 Å². The molecule has 1 atom stereocenters. The lowest BCUT2D eigenvalue weighted by molar-refractivity contribution is -0.132. The van der Waals surface area contributed by atoms with E-state index in [0.29, 0.717) is 27.2 Å². The number of methoxy groups -OCH3 is 2. The minimum absolute atomic E-state index is 0.00236. The second-order valence-electron chi connectivity index (χ2n) is 10.3. The molecule has 4 aromatic carbocycles. The van der Waals surface area contributed by atoms with Gasteiger partial charge in [0.1, 0.15) is 12.4 Å². The molecule has 1 saturated heterocycles. The van der Waals surface area contributed by atoms with Gasteiger partial charge in [0.05, 0.1) is 25.8 Å². The van der Waals surface area contributed by atoms with Crippen LogP contribution in [0.2, 0.25) is 0 Å². The fourth-order valence-corrected chi connectivity index (χ4v) is 6.92. The van der Waals surface area contributed by atoms with Crippen molar-refractivity contribution in [2.45, 2.75) is 22.7 Å². The third-order valence-electron chi connectivity index (χ3n) is 7.42. The van der Waals surface area contributed by atoms with Gasteiger partial charge in [0.15, 0.2) is 27.4 Å². The lowest BCUT2D eigenvalue weighted by Gasteiger charge is -2.23. The predicted octanol–water partition coefficient (Wildman–Crippen LogP) is 7.19. The topological polar surface area (TPSA) is 111 Å². The van der Waals surface area contributed by atoms with Crippen LogP contribution in [-0.4, -0.2) is 41.2 Å². The summed E-state index contributed by atoms with van der Waals surface area (Å²) in [5.41, 5.74) is 2.22. The van der Waals surface area contributed by atoms with Crippen molar-refractivity contribution in [3.63, 3.8) is 0 Å². The number of carbonyl (C=O) groups is 2. The van der Waals surface area contributed by atoms with E-state index in [-0.39, 0.29) is 28.6 Å². The molecule has 47 heavy (non-hydrogen) atoms. The summed E-state index contributed by atoms with van der Waals surface area (Å²) >= 11 is 2.59. The maximum atomic E-state index is 14.7. The van der Waals surface area contributed by atoms with Crippen LogP contribution in [0.5, 0.6) is 17.2 Å². The highest BCUT2D eigenvalue weighted by atomic mass is 32.2. The summed E-state index contributed by atoms with van der Waals surface area (Å²) in [7, 11) is 2.80. The van der Waals surface area contributed by atoms with Gasteiger partial charge in [-0.25, -0.2) is 4.39 Å². The van der Waals surface area contributed by atoms with E-state index in [1.165, 1.54) is 43.0 Å². The Morgan fingerprint density at radius 1 is 0.872 bits per heavy atom. The van der Waals surface area contributed by atoms with Crippen LogP contribution in [0.1, 0.15) is 28.3 Å². The number of anilines is 1. The van der Waals surface area contributed by atoms with Crippen molar-refractivity contribution >= 4 is 45.7 Å². The number of benzene rings is 4. The Morgan fingerprint density at radius 2 is 1.55 bits per heavy atom. The van der Waals surface area contributed by atoms with Crippen LogP contribution in [0.25, 0.3) is 5.76 Å². The van der Waals surface area contributed by atoms with Crippen molar-refractivity contribution in [2.75, 3.05) is 19.1 Å². The zero-order valence-corrected chi connectivity index (χ0v) is 26.9. The molecule has 0 saturated carbocycles. The first kappa shape index (κ1) is 31.8. The molecule has 0 aliphatic carbocycles. The predicted molar refractivity (Wildman–Crippen MR) is 177 cm³/mol. The van der Waals surface area contributed by atoms with Crippen molar-refractivity contribution in [1.82, 2.24) is 10.2 Å². The molecule has 2 heterocycles. The van der Waals surface area contributed by atoms with Crippen LogP contribution in [0.3, 0.4) is 0 Å². The van der Waals surface area contributed by atoms with Crippen LogP contribution >= 0.6 is 23.1 Å². The van der Waals surface area contributed by atoms with Crippen LogP contribution in [0.4, 0.5) is 9.52 Å². The first-order valence-electron chi connectivity index (χ1n) is 14.4. The zero-order chi connectivity index (χ0) is 32.9. The molecule has 1 aliphatic rings. The summed E-state index contributed by atoms with van der Waals surface area (Å²) in [6.07, 6.45) is 0. The van der Waals surface area contributed by atoms with E-state index in [1.54, 1.807) is 18.2 Å². The third kappa shape index (κ3) is 6.69. The molecule has 1 amide bonds. The number of nitrogens with zero attached hydrogens (tertiary/aromatic N) is 3. The number of amides is 1. The first-order valence-corrected chi connectivity index (χ1v) is 16.2. The molecule has 0 unspecified atom stereocenters. The molecule has 5 aromatic rings. The Balaban J connectivity index is 1.40. The number of aliphatic hydroxyl groups excluding tert-OH is 1. The van der Waals surface area contributed by atoms with Gasteiger partial charge < -0.3 is 19.3 Å². The van der Waals surface area contributed by atoms with E-state index in [1.807, 2.05) is 60.7 Å². The smallest absolute Gasteiger partial charge is 0.301 e. The summed E-state index contributed by atoms with van der Waals surface area (Å²) in [6.45, 7) is 0.284. The van der Waals surface area contributed by atoms with Gasteiger partial charge in [-0.2, -0.15) is 0 Å². The number of carbonyl (C=O) groups excluding carboxylic acids is 2. The molecule has 1 aliphatic heterocycles. The van der Waals surface area contributed by atoms with Gasteiger partial charge in [-0.3, -0.25) is 14.5 Å². The van der Waals surface area contributed by atoms with Crippen molar-refractivity contribution in [3.05, 3.63) is 131 Å². The summed E-state index contributed by atoms with van der Waals surface area (Å²) in [6, 6.07) is 27.1. The SMILES string of the molecule is COc1ccc(C(O)=C2C(=O)C(=O)N(c3nnc(SCc4ccccc4)s3)[C@H]2c2ccc(OCc3ccccc3)c(OC)c2)cc1F. The fraction of sp³-hybridized carbons (Fsp3) is 0.143. The van der Waals surface area contributed by atoms with Crippen molar-refractivity contribution < 1.29 is 33.3 Å². The van der Waals surface area contributed by atoms with Crippen LogP contribution in [0, 0.1) is 5.82 Å². The Morgan fingerprint density at radius 3 is 2.23 bits per heavy atom. The molecule has 6 rings (SSSR count). The average Bonchev–Trinajstić information content (AvgIpc) is 3.68. The van der Waals surface area contributed by atoms with Crippen molar-refractivity contribution in [2.24, 2.45) is 0 Å². The lowest BCUT2D eigenvalue weighted by atomic mass is 9.95. The molecular formula is C35H28FN3O6S2. The number of halogens is 1. The highest BCUT2D eigenvalue weighted by Crippen LogP contribution is 2.46. The van der Waals surface area contributed by atoms with Gasteiger partial charge in [-0.15, -0.1) is 10.2 Å². The van der Waals surface area contributed by atoms with Gasteiger partial charge in [0.2, 0.25) is 5.13 Å². The van der Waals surface area contributed by atoms with E-state index in [2.05, 4.69) is 10.2 Å². The Kier molecular flexibility index (Phi) is 9.50. The van der Waals surface area contributed by atoms with Gasteiger partial charge in [0.25, 0.3) is 5.78 Å². The number of aliphatic hydroxyl groups is 1. The molecule has 1 aromatic heterocycles. The maximum absolute atomic E-state index is 14.7. The highest BCUT2D eigenvalue weighted by Gasteiger charge is 2.48. The van der Waals surface area contributed by atoms with Crippen LogP contribution < -0.4 is 19.1 Å². The van der Waals surface area contributed by atoms with E-state index in [4.69, 9.17) is 14.2 Å². The number of hydrogen-bond donors (Lipinski definition) is 1. The van der Waals surface area contributed by atoms with Gasteiger partial charge >= 0.3 is 5.91 Å². The molecular weight excluding hydrogens is 642 g/mol. The number of Topliss-reactive ketones (excluding diaryl/α,β-unsaturated/α-hetero) is 1. The summed E-state index contributed by atoms with van der Waals surface area (Å²) in [5, 5.41) is 20.2. The van der Waals surface area contributed by atoms with Crippen LogP contribution in [0.15, 0.2) is 107 Å². The minimum atomic E-state index is -1.14. The first-order chi connectivity index (χ1) is 22.9. The number of ether oxygens (including phenoxy) is 3. The van der Waals surface area contributed by atoms with E-state index in [0.717, 1.165) is 28.5 Å². The second-order valence-corrected chi connectivity index (χ2v) is 12.5. The number of hydrogen-bond acceptors (Lipinski definition) is 10. The molecule has 1 fully saturated rings. The normalized spacial score (nSPS) is 15.6. The van der Waals surface area contributed by atoms with Gasteiger partial charge in [0, 0.05) is 11.3 Å². The zero-order valence-electron chi connectivity index (χ0n) is 25.3. The number of ketones is 1. The molecule has 0 radical (unpaired) electrons. The fourth-order valence-electron chi connectivity index (χ4n) is 5.10. The molecule has 9 nitrogen and oxygen atoms in total. The quantitative estimate of drug-likeness (QED) is 0.0514. The molecule has 0 spiro atoms. The summed E-state index contributed by atoms with van der Waals surface area (Å²) in [5.74, 6) is -1.80. The average molecular weight is 670 g/mol. The standard InChI is InChI=1S/C35H28FN3O6S2/c1-43-26-15-14-24(17-25(26)36)31(40)29-30(23-13-16-27(28(18-23)44-2)45-19-21-9-5-3-6-10-21)39(33(42)32(29)41)34-37-38-35(47-34)46-20-22-11-7-4-8-12-22/h3-18,30,40H,19-20H2,1-2H3/t30-/m0/s1. The molecule has 0 bridgehead atoms. The molecule has 238 valence electrons. The van der Waals surface area contributed by atoms with Crippen molar-refractivity contribution in [3.8, 4) is 17.2 Å². The second kappa shape index (κ2) is 14.1. The third-order valence-corrected chi connectivity index (χ3v) is 9.54. The molecule has 1 N–H and O–H groups in total. The highest BCUT2D eigenvalue weighted by molar-refractivity contribution is 8.00. The number of aromatic nitrogens is 2. The Labute approximate surface area is 278 Å². The maximum Gasteiger partial charge on any atom is 0.301 e. The summed E-state index contributed by atoms with van der Waals surface area (Å²) < 4.78 is 32.0. The van der Waals surface area contributed by atoms with Crippen LogP contribution in [-0.2, 0) is 21.9 Å². The van der Waals surface area contributed by atoms with Gasteiger partial charge in [-0.1, -0.05) is 89.8 Å². The Hall–Kier alpha value is -5.20. The minimum Gasteiger partial charge on any atom is -0.507 e.